The van der Waals surface area contributed by atoms with Gasteiger partial charge in [0.2, 0.25) is 0 Å². The average Bonchev–Trinajstić information content (AvgIpc) is 2.28. The number of ether oxygens (including phenoxy) is 1. The van der Waals surface area contributed by atoms with Crippen molar-refractivity contribution in [3.05, 3.63) is 35.9 Å². The Labute approximate surface area is 88.3 Å². The van der Waals surface area contributed by atoms with Gasteiger partial charge in [-0.25, -0.2) is 0 Å². The lowest BCUT2D eigenvalue weighted by atomic mass is 10.2. The van der Waals surface area contributed by atoms with Crippen LogP contribution >= 0.6 is 0 Å². The molecule has 1 aromatic carbocycles. The predicted octanol–water partition coefficient (Wildman–Crippen LogP) is 1.45. The second kappa shape index (κ2) is 6.16. The number of nitrogens with one attached hydrogen (secondary N) is 1. The molecule has 3 heteroatoms. The maximum absolute atomic E-state index is 11.5. The first-order chi connectivity index (χ1) is 7.99. The summed E-state index contributed by atoms with van der Waals surface area (Å²) >= 11 is 0. The lowest BCUT2D eigenvalue weighted by molar-refractivity contribution is 0.0948. The first kappa shape index (κ1) is 7.01. The Morgan fingerprint density at radius 2 is 2.29 bits per heavy atom. The zero-order valence-corrected chi connectivity index (χ0v) is 7.82. The van der Waals surface area contributed by atoms with Gasteiger partial charge in [0, 0.05) is 25.8 Å². The minimum atomic E-state index is -2.36. The zero-order chi connectivity index (χ0) is 12.7. The van der Waals surface area contributed by atoms with Crippen LogP contribution < -0.4 is 5.32 Å². The summed E-state index contributed by atoms with van der Waals surface area (Å²) in [4.78, 5) is 11.5. The molecule has 3 nitrogen and oxygen atoms in total. The van der Waals surface area contributed by atoms with Crippen molar-refractivity contribution in [1.82, 2.24) is 5.32 Å². The number of hydrogen-bond donors (Lipinski definition) is 1. The Morgan fingerprint density at radius 1 is 1.50 bits per heavy atom. The molecule has 0 bridgehead atoms. The normalized spacial score (nSPS) is 13.9. The SMILES string of the molecule is [2H]C([2H])([2H])OCCCNC(=O)c1ccccc1. The first-order valence-corrected chi connectivity index (χ1v) is 4.46. The summed E-state index contributed by atoms with van der Waals surface area (Å²) in [7, 11) is -2.36. The Bertz CT molecular complexity index is 351. The molecule has 1 N–H and O–H groups in total. The first-order valence-electron chi connectivity index (χ1n) is 5.96. The molecule has 0 unspecified atom stereocenters. The van der Waals surface area contributed by atoms with Crippen LogP contribution in [0.5, 0.6) is 0 Å². The van der Waals surface area contributed by atoms with Crippen molar-refractivity contribution in [1.29, 1.82) is 0 Å². The highest BCUT2D eigenvalue weighted by Crippen LogP contribution is 1.97. The Hall–Kier alpha value is -1.35. The topological polar surface area (TPSA) is 38.3 Å². The molecule has 0 radical (unpaired) electrons. The minimum Gasteiger partial charge on any atom is -0.385 e. The molecule has 0 saturated heterocycles. The van der Waals surface area contributed by atoms with Crippen LogP contribution in [0.2, 0.25) is 0 Å². The van der Waals surface area contributed by atoms with Crippen LogP contribution in [0.1, 0.15) is 20.9 Å². The van der Waals surface area contributed by atoms with Gasteiger partial charge in [-0.05, 0) is 18.6 Å². The largest absolute Gasteiger partial charge is 0.385 e. The number of methoxy groups -OCH3 is 1. The molecule has 1 aromatic rings. The maximum Gasteiger partial charge on any atom is 0.251 e. The van der Waals surface area contributed by atoms with Gasteiger partial charge >= 0.3 is 0 Å². The van der Waals surface area contributed by atoms with Crippen LogP contribution in [0.3, 0.4) is 0 Å². The second-order valence-corrected chi connectivity index (χ2v) is 2.82. The maximum atomic E-state index is 11.5. The van der Waals surface area contributed by atoms with Gasteiger partial charge in [-0.3, -0.25) is 4.79 Å². The Kier molecular flexibility index (Phi) is 3.08. The van der Waals surface area contributed by atoms with Crippen LogP contribution in [0, 0.1) is 0 Å². The summed E-state index contributed by atoms with van der Waals surface area (Å²) in [6, 6.07) is 8.84. The second-order valence-electron chi connectivity index (χ2n) is 2.82. The van der Waals surface area contributed by atoms with Crippen molar-refractivity contribution >= 4 is 5.91 Å². The third-order valence-corrected chi connectivity index (χ3v) is 1.74. The van der Waals surface area contributed by atoms with Gasteiger partial charge in [0.1, 0.15) is 0 Å². The van der Waals surface area contributed by atoms with Crippen LogP contribution in [-0.2, 0) is 4.74 Å². The fourth-order valence-corrected chi connectivity index (χ4v) is 1.04. The molecule has 0 atom stereocenters. The molecule has 76 valence electrons. The van der Waals surface area contributed by atoms with Crippen molar-refractivity contribution < 1.29 is 13.6 Å². The molecule has 0 saturated carbocycles. The van der Waals surface area contributed by atoms with Crippen molar-refractivity contribution in [3.8, 4) is 0 Å². The van der Waals surface area contributed by atoms with Gasteiger partial charge in [0.15, 0.2) is 0 Å². The molecule has 0 heterocycles. The highest BCUT2D eigenvalue weighted by Gasteiger charge is 2.01. The zero-order valence-electron chi connectivity index (χ0n) is 10.8. The molecule has 14 heavy (non-hydrogen) atoms. The monoisotopic (exact) mass is 196 g/mol. The highest BCUT2D eigenvalue weighted by molar-refractivity contribution is 5.94. The highest BCUT2D eigenvalue weighted by atomic mass is 16.5. The van der Waals surface area contributed by atoms with E-state index in [0.717, 1.165) is 0 Å². The number of amides is 1. The van der Waals surface area contributed by atoms with Gasteiger partial charge in [0.25, 0.3) is 5.91 Å². The van der Waals surface area contributed by atoms with Crippen molar-refractivity contribution in [3.63, 3.8) is 0 Å². The van der Waals surface area contributed by atoms with E-state index in [1.807, 2.05) is 6.07 Å². The van der Waals surface area contributed by atoms with E-state index in [1.54, 1.807) is 24.3 Å². The molecule has 0 spiro atoms. The molecule has 1 rings (SSSR count). The van der Waals surface area contributed by atoms with Crippen molar-refractivity contribution in [2.24, 2.45) is 0 Å². The summed E-state index contributed by atoms with van der Waals surface area (Å²) in [5, 5.41) is 2.68. The molecule has 0 aromatic heterocycles. The fourth-order valence-electron chi connectivity index (χ4n) is 1.04. The van der Waals surface area contributed by atoms with E-state index >= 15 is 0 Å². The lowest BCUT2D eigenvalue weighted by Gasteiger charge is -2.03. The van der Waals surface area contributed by atoms with E-state index < -0.39 is 7.04 Å². The molecule has 1 amide bonds. The van der Waals surface area contributed by atoms with E-state index in [0.29, 0.717) is 18.5 Å². The summed E-state index contributed by atoms with van der Waals surface area (Å²) in [5.41, 5.74) is 0.587. The van der Waals surface area contributed by atoms with Gasteiger partial charge < -0.3 is 10.1 Å². The summed E-state index contributed by atoms with van der Waals surface area (Å²) < 4.78 is 25.0. The lowest BCUT2D eigenvalue weighted by Crippen LogP contribution is -2.25. The number of hydrogen-bond acceptors (Lipinski definition) is 2. The van der Waals surface area contributed by atoms with Gasteiger partial charge in [0.05, 0.1) is 4.11 Å². The quantitative estimate of drug-likeness (QED) is 0.724. The third kappa shape index (κ3) is 3.58. The molecular weight excluding hydrogens is 178 g/mol. The average molecular weight is 196 g/mol. The smallest absolute Gasteiger partial charge is 0.251 e. The van der Waals surface area contributed by atoms with Crippen LogP contribution in [0.15, 0.2) is 30.3 Å². The van der Waals surface area contributed by atoms with Crippen LogP contribution in [-0.4, -0.2) is 26.1 Å². The van der Waals surface area contributed by atoms with Gasteiger partial charge in [-0.1, -0.05) is 18.2 Å². The van der Waals surface area contributed by atoms with Crippen molar-refractivity contribution in [2.75, 3.05) is 20.2 Å². The van der Waals surface area contributed by atoms with E-state index in [1.165, 1.54) is 0 Å². The molecular formula is C11H15NO2. The van der Waals surface area contributed by atoms with E-state index in [2.05, 4.69) is 10.1 Å². The standard InChI is InChI=1S/C11H15NO2/c1-14-9-5-8-12-11(13)10-6-3-2-4-7-10/h2-4,6-7H,5,8-9H2,1H3,(H,12,13)/i1D3. The van der Waals surface area contributed by atoms with Crippen molar-refractivity contribution in [2.45, 2.75) is 6.42 Å². The summed E-state index contributed by atoms with van der Waals surface area (Å²) in [5.74, 6) is -0.167. The predicted molar refractivity (Wildman–Crippen MR) is 55.3 cm³/mol. The number of carbonyl (C=O) groups is 1. The van der Waals surface area contributed by atoms with E-state index in [4.69, 9.17) is 4.11 Å². The molecule has 0 aliphatic carbocycles. The molecule has 0 aliphatic rings. The van der Waals surface area contributed by atoms with Crippen LogP contribution in [0.25, 0.3) is 0 Å². The van der Waals surface area contributed by atoms with Crippen LogP contribution in [0.4, 0.5) is 0 Å². The fraction of sp³-hybridized carbons (Fsp3) is 0.364. The minimum absolute atomic E-state index is 0.103. The summed E-state index contributed by atoms with van der Waals surface area (Å²) in [6.07, 6.45) is 0.469. The third-order valence-electron chi connectivity index (χ3n) is 1.74. The summed E-state index contributed by atoms with van der Waals surface area (Å²) in [6.45, 7) is 0.495. The number of benzene rings is 1. The van der Waals surface area contributed by atoms with Gasteiger partial charge in [-0.15, -0.1) is 0 Å². The number of carbonyl (C=O) groups excluding carboxylic acids is 1. The number of rotatable bonds is 5. The van der Waals surface area contributed by atoms with E-state index in [9.17, 15) is 4.79 Å². The van der Waals surface area contributed by atoms with Gasteiger partial charge in [-0.2, -0.15) is 0 Å². The van der Waals surface area contributed by atoms with E-state index in [-0.39, 0.29) is 12.5 Å². The molecule has 0 fully saturated rings. The Morgan fingerprint density at radius 3 is 3.00 bits per heavy atom. The molecule has 0 aliphatic heterocycles. The Balaban J connectivity index is 2.18.